The van der Waals surface area contributed by atoms with Gasteiger partial charge in [0, 0.05) is 26.2 Å². The zero-order valence-electron chi connectivity index (χ0n) is 25.5. The number of fused-ring (bicyclic) bond motifs is 2. The second-order valence-corrected chi connectivity index (χ2v) is 11.8. The molecular formula is C28H24F6N10O4S2. The second kappa shape index (κ2) is 13.2. The maximum atomic E-state index is 13.9. The van der Waals surface area contributed by atoms with Crippen LogP contribution in [0.2, 0.25) is 0 Å². The minimum Gasteiger partial charge on any atom is -0.454 e. The van der Waals surface area contributed by atoms with Crippen LogP contribution < -0.4 is 18.9 Å². The Morgan fingerprint density at radius 3 is 1.38 bits per heavy atom. The van der Waals surface area contributed by atoms with Crippen molar-refractivity contribution in [2.24, 2.45) is 10.2 Å². The third kappa shape index (κ3) is 6.95. The van der Waals surface area contributed by atoms with Crippen LogP contribution in [0.1, 0.15) is 22.8 Å². The van der Waals surface area contributed by atoms with Crippen LogP contribution in [0, 0.1) is 9.54 Å². The van der Waals surface area contributed by atoms with E-state index < -0.39 is 24.0 Å². The molecule has 3 aliphatic heterocycles. The largest absolute Gasteiger partial charge is 0.454 e. The summed E-state index contributed by atoms with van der Waals surface area (Å²) in [6.45, 7) is 1.25. The van der Waals surface area contributed by atoms with Gasteiger partial charge in [0.25, 0.3) is 11.6 Å². The number of halogens is 6. The quantitative estimate of drug-likeness (QED) is 0.144. The van der Waals surface area contributed by atoms with Crippen molar-refractivity contribution >= 4 is 36.9 Å². The molecule has 2 aromatic heterocycles. The molecule has 1 fully saturated rings. The van der Waals surface area contributed by atoms with Gasteiger partial charge >= 0.3 is 12.4 Å². The van der Waals surface area contributed by atoms with E-state index in [1.165, 1.54) is 12.4 Å². The maximum Gasteiger partial charge on any atom is 0.453 e. The maximum absolute atomic E-state index is 13.9. The molecule has 264 valence electrons. The molecule has 22 heteroatoms. The lowest BCUT2D eigenvalue weighted by atomic mass is 10.2. The van der Waals surface area contributed by atoms with E-state index in [2.05, 4.69) is 20.4 Å². The standard InChI is InChI=1S/C28H24F6N10O4S2/c29-27(30,31)23-37-41(25(49)43(23)35-11-17-1-3-19-21(9-17)47-15-45-19)13-39-5-7-40(8-6-39)14-42-26(50)44(24(38-42)28(32,33)34)36-12-18-2-4-20-22(10-18)48-16-46-20/h1-4,9-12H,5-8,13-16H2/b35-11+,36-12+. The number of nitrogens with zero attached hydrogens (tertiary/aromatic N) is 10. The van der Waals surface area contributed by atoms with Crippen LogP contribution in [0.4, 0.5) is 26.3 Å². The van der Waals surface area contributed by atoms with Crippen molar-refractivity contribution < 1.29 is 45.3 Å². The van der Waals surface area contributed by atoms with Gasteiger partial charge < -0.3 is 18.9 Å². The molecule has 7 rings (SSSR count). The zero-order valence-corrected chi connectivity index (χ0v) is 27.1. The molecule has 2 aromatic carbocycles. The summed E-state index contributed by atoms with van der Waals surface area (Å²) in [6.07, 6.45) is -7.29. The summed E-state index contributed by atoms with van der Waals surface area (Å²) in [7, 11) is 0. The van der Waals surface area contributed by atoms with E-state index in [9.17, 15) is 26.3 Å². The van der Waals surface area contributed by atoms with Gasteiger partial charge in [0.1, 0.15) is 0 Å². The van der Waals surface area contributed by atoms with E-state index in [0.717, 1.165) is 9.36 Å². The smallest absolute Gasteiger partial charge is 0.453 e. The molecule has 0 N–H and O–H groups in total. The van der Waals surface area contributed by atoms with Gasteiger partial charge in [-0.15, -0.1) is 10.2 Å². The molecule has 50 heavy (non-hydrogen) atoms. The molecule has 0 bridgehead atoms. The van der Waals surface area contributed by atoms with Gasteiger partial charge in [0.2, 0.25) is 23.1 Å². The minimum absolute atomic E-state index is 0.0383. The Balaban J connectivity index is 1.02. The average molecular weight is 743 g/mol. The Bertz CT molecular complexity index is 1950. The van der Waals surface area contributed by atoms with E-state index in [0.29, 0.717) is 69.7 Å². The number of hydrogen-bond donors (Lipinski definition) is 0. The van der Waals surface area contributed by atoms with Gasteiger partial charge in [-0.25, -0.2) is 9.36 Å². The van der Waals surface area contributed by atoms with Crippen LogP contribution in [0.5, 0.6) is 23.0 Å². The fourth-order valence-electron chi connectivity index (χ4n) is 5.23. The third-order valence-corrected chi connectivity index (χ3v) is 8.48. The Labute approximate surface area is 287 Å². The van der Waals surface area contributed by atoms with Crippen LogP contribution in [-0.2, 0) is 25.7 Å². The fraction of sp³-hybridized carbons (Fsp3) is 0.357. The number of benzene rings is 2. The Morgan fingerprint density at radius 1 is 0.620 bits per heavy atom. The highest BCUT2D eigenvalue weighted by molar-refractivity contribution is 7.71. The summed E-state index contributed by atoms with van der Waals surface area (Å²) >= 11 is 10.6. The third-order valence-electron chi connectivity index (χ3n) is 7.71. The van der Waals surface area contributed by atoms with Crippen molar-refractivity contribution in [3.8, 4) is 23.0 Å². The fourth-order valence-corrected chi connectivity index (χ4v) is 5.70. The monoisotopic (exact) mass is 742 g/mol. The van der Waals surface area contributed by atoms with Crippen molar-refractivity contribution in [1.82, 2.24) is 38.7 Å². The molecule has 5 heterocycles. The lowest BCUT2D eigenvalue weighted by Crippen LogP contribution is -2.47. The molecule has 0 atom stereocenters. The lowest BCUT2D eigenvalue weighted by Gasteiger charge is -2.34. The molecule has 14 nitrogen and oxygen atoms in total. The van der Waals surface area contributed by atoms with Gasteiger partial charge in [-0.2, -0.15) is 45.9 Å². The Morgan fingerprint density at radius 2 is 1.00 bits per heavy atom. The predicted molar refractivity (Wildman–Crippen MR) is 166 cm³/mol. The first-order valence-electron chi connectivity index (χ1n) is 14.7. The van der Waals surface area contributed by atoms with E-state index in [1.54, 1.807) is 46.2 Å². The molecule has 0 amide bonds. The first kappa shape index (κ1) is 33.7. The van der Waals surface area contributed by atoms with E-state index in [1.807, 2.05) is 0 Å². The Hall–Kier alpha value is -4.80. The summed E-state index contributed by atoms with van der Waals surface area (Å²) in [4.78, 5) is 3.61. The highest BCUT2D eigenvalue weighted by atomic mass is 32.1. The molecule has 1 saturated heterocycles. The predicted octanol–water partition coefficient (Wildman–Crippen LogP) is 4.63. The SMILES string of the molecule is FC(F)(F)c1nn(CN2CCN(Cn3nc(C(F)(F)F)n(/N=C/c4ccc5c(c4)OCO5)c3=S)CC2)c(=S)n1/N=C/c1ccc2c(c1)OCO2. The van der Waals surface area contributed by atoms with E-state index >= 15 is 0 Å². The topological polar surface area (TPSA) is 114 Å². The van der Waals surface area contributed by atoms with Gasteiger partial charge in [-0.1, -0.05) is 0 Å². The van der Waals surface area contributed by atoms with Gasteiger partial charge in [0.15, 0.2) is 23.0 Å². The normalized spacial score (nSPS) is 16.8. The summed E-state index contributed by atoms with van der Waals surface area (Å²) in [5.74, 6) is -0.712. The van der Waals surface area contributed by atoms with E-state index in [-0.39, 0.29) is 36.5 Å². The van der Waals surface area contributed by atoms with Crippen molar-refractivity contribution in [3.63, 3.8) is 0 Å². The molecular weight excluding hydrogens is 718 g/mol. The second-order valence-electron chi connectivity index (χ2n) is 11.1. The van der Waals surface area contributed by atoms with Crippen LogP contribution in [0.3, 0.4) is 0 Å². The first-order chi connectivity index (χ1) is 23.8. The molecule has 4 aromatic rings. The number of rotatable bonds is 8. The molecule has 0 unspecified atom stereocenters. The van der Waals surface area contributed by atoms with Crippen molar-refractivity contribution in [3.05, 3.63) is 68.7 Å². The molecule has 0 aliphatic carbocycles. The van der Waals surface area contributed by atoms with Crippen LogP contribution in [-0.4, -0.2) is 90.9 Å². The van der Waals surface area contributed by atoms with Crippen molar-refractivity contribution in [2.75, 3.05) is 39.8 Å². The molecule has 0 saturated carbocycles. The summed E-state index contributed by atoms with van der Waals surface area (Å²) in [5, 5.41) is 15.3. The van der Waals surface area contributed by atoms with Crippen molar-refractivity contribution in [2.45, 2.75) is 25.7 Å². The highest BCUT2D eigenvalue weighted by Crippen LogP contribution is 2.34. The summed E-state index contributed by atoms with van der Waals surface area (Å²) in [6, 6.07) is 9.58. The number of alkyl halides is 6. The first-order valence-corrected chi connectivity index (χ1v) is 15.5. The summed E-state index contributed by atoms with van der Waals surface area (Å²) in [5.41, 5.74) is 0.911. The van der Waals surface area contributed by atoms with Crippen LogP contribution >= 0.6 is 24.4 Å². The molecule has 0 radical (unpaired) electrons. The minimum atomic E-state index is -4.85. The van der Waals surface area contributed by atoms with E-state index in [4.69, 9.17) is 43.4 Å². The number of aromatic nitrogens is 6. The number of hydrogen-bond acceptors (Lipinski definition) is 12. The van der Waals surface area contributed by atoms with Crippen LogP contribution in [0.15, 0.2) is 46.6 Å². The van der Waals surface area contributed by atoms with Gasteiger partial charge in [-0.3, -0.25) is 9.80 Å². The van der Waals surface area contributed by atoms with Gasteiger partial charge in [-0.05, 0) is 72.0 Å². The molecule has 3 aliphatic rings. The van der Waals surface area contributed by atoms with Crippen molar-refractivity contribution in [1.29, 1.82) is 0 Å². The molecule has 0 spiro atoms. The van der Waals surface area contributed by atoms with Gasteiger partial charge in [0.05, 0.1) is 25.8 Å². The number of piperazine rings is 1. The Kier molecular flexibility index (Phi) is 8.86. The number of ether oxygens (including phenoxy) is 4. The summed E-state index contributed by atoms with van der Waals surface area (Å²) < 4.78 is 107. The zero-order chi connectivity index (χ0) is 35.2. The van der Waals surface area contributed by atoms with Crippen LogP contribution in [0.25, 0.3) is 0 Å². The lowest BCUT2D eigenvalue weighted by molar-refractivity contribution is -0.148. The average Bonchev–Trinajstić information content (AvgIpc) is 3.86. The highest BCUT2D eigenvalue weighted by Gasteiger charge is 2.40.